The highest BCUT2D eigenvalue weighted by atomic mass is 19.1. The average molecular weight is 444 g/mol. The summed E-state index contributed by atoms with van der Waals surface area (Å²) in [5, 5.41) is 6.68. The molecular weight excluding hydrogens is 413 g/mol. The lowest BCUT2D eigenvalue weighted by atomic mass is 10.0. The van der Waals surface area contributed by atoms with Crippen molar-refractivity contribution in [3.05, 3.63) is 59.4 Å². The molecule has 0 spiro atoms. The van der Waals surface area contributed by atoms with Gasteiger partial charge < -0.3 is 14.8 Å². The van der Waals surface area contributed by atoms with E-state index in [0.717, 1.165) is 6.42 Å². The van der Waals surface area contributed by atoms with Gasteiger partial charge >= 0.3 is 0 Å². The van der Waals surface area contributed by atoms with Crippen molar-refractivity contribution in [1.29, 1.82) is 0 Å². The quantitative estimate of drug-likeness (QED) is 0.407. The van der Waals surface area contributed by atoms with Crippen molar-refractivity contribution in [2.75, 3.05) is 13.2 Å². The maximum Gasteiger partial charge on any atom is 0.262 e. The summed E-state index contributed by atoms with van der Waals surface area (Å²) in [4.78, 5) is 25.0. The predicted octanol–water partition coefficient (Wildman–Crippen LogP) is 3.92. The first-order chi connectivity index (χ1) is 15.3. The van der Waals surface area contributed by atoms with Crippen molar-refractivity contribution < 1.29 is 23.5 Å². The normalized spacial score (nSPS) is 11.9. The van der Waals surface area contributed by atoms with Gasteiger partial charge in [-0.3, -0.25) is 9.59 Å². The molecule has 0 radical (unpaired) electrons. The standard InChI is InChI=1S/C24H30FN3O4/c1-5-13-32-20-12-7-17(14-21(20)31-6-2)15-26-28-24(30)22(16(3)4)27-23(29)18-8-10-19(25)11-9-18/h7-12,14-16,22H,5-6,13H2,1-4H3,(H,27,29)(H,28,30)/b26-15+. The van der Waals surface area contributed by atoms with Gasteiger partial charge in [0.2, 0.25) is 0 Å². The molecular formula is C24H30FN3O4. The molecule has 7 nitrogen and oxygen atoms in total. The summed E-state index contributed by atoms with van der Waals surface area (Å²) < 4.78 is 24.4. The van der Waals surface area contributed by atoms with E-state index in [-0.39, 0.29) is 11.5 Å². The lowest BCUT2D eigenvalue weighted by Gasteiger charge is -2.20. The van der Waals surface area contributed by atoms with Gasteiger partial charge in [-0.25, -0.2) is 9.82 Å². The second kappa shape index (κ2) is 12.4. The highest BCUT2D eigenvalue weighted by Gasteiger charge is 2.24. The van der Waals surface area contributed by atoms with Crippen LogP contribution in [0, 0.1) is 11.7 Å². The Kier molecular flexibility index (Phi) is 9.66. The minimum atomic E-state index is -0.812. The van der Waals surface area contributed by atoms with Gasteiger partial charge in [0.15, 0.2) is 11.5 Å². The van der Waals surface area contributed by atoms with Crippen LogP contribution in [-0.2, 0) is 4.79 Å². The number of hydrogen-bond donors (Lipinski definition) is 2. The second-order valence-electron chi connectivity index (χ2n) is 7.42. The Labute approximate surface area is 188 Å². The molecule has 32 heavy (non-hydrogen) atoms. The largest absolute Gasteiger partial charge is 0.490 e. The summed E-state index contributed by atoms with van der Waals surface area (Å²) in [6, 6.07) is 9.68. The summed E-state index contributed by atoms with van der Waals surface area (Å²) >= 11 is 0. The lowest BCUT2D eigenvalue weighted by Crippen LogP contribution is -2.48. The molecule has 2 rings (SSSR count). The summed E-state index contributed by atoms with van der Waals surface area (Å²) in [6.07, 6.45) is 2.37. The lowest BCUT2D eigenvalue weighted by molar-refractivity contribution is -0.123. The van der Waals surface area contributed by atoms with Gasteiger partial charge in [0.25, 0.3) is 11.8 Å². The fourth-order valence-electron chi connectivity index (χ4n) is 2.81. The molecule has 0 heterocycles. The Hall–Kier alpha value is -3.42. The smallest absolute Gasteiger partial charge is 0.262 e. The molecule has 0 aliphatic rings. The molecule has 8 heteroatoms. The Bertz CT molecular complexity index is 929. The molecule has 1 atom stereocenters. The third-order valence-electron chi connectivity index (χ3n) is 4.46. The Balaban J connectivity index is 2.03. The summed E-state index contributed by atoms with van der Waals surface area (Å²) in [6.45, 7) is 8.60. The van der Waals surface area contributed by atoms with Crippen molar-refractivity contribution in [3.8, 4) is 11.5 Å². The highest BCUT2D eigenvalue weighted by Crippen LogP contribution is 2.28. The van der Waals surface area contributed by atoms with E-state index in [9.17, 15) is 14.0 Å². The molecule has 2 aromatic rings. The van der Waals surface area contributed by atoms with E-state index in [4.69, 9.17) is 9.47 Å². The van der Waals surface area contributed by atoms with Gasteiger partial charge in [-0.15, -0.1) is 0 Å². The van der Waals surface area contributed by atoms with Gasteiger partial charge in [0.1, 0.15) is 11.9 Å². The Morgan fingerprint density at radius 1 is 1.06 bits per heavy atom. The minimum absolute atomic E-state index is 0.186. The molecule has 0 aliphatic carbocycles. The number of nitrogens with zero attached hydrogens (tertiary/aromatic N) is 1. The molecule has 0 bridgehead atoms. The van der Waals surface area contributed by atoms with Crippen LogP contribution in [0.1, 0.15) is 50.0 Å². The maximum atomic E-state index is 13.1. The topological polar surface area (TPSA) is 89.0 Å². The van der Waals surface area contributed by atoms with Crippen LogP contribution in [0.4, 0.5) is 4.39 Å². The number of benzene rings is 2. The molecule has 0 saturated carbocycles. The van der Waals surface area contributed by atoms with Crippen LogP contribution in [0.2, 0.25) is 0 Å². The second-order valence-corrected chi connectivity index (χ2v) is 7.42. The van der Waals surface area contributed by atoms with Gasteiger partial charge in [-0.2, -0.15) is 5.10 Å². The van der Waals surface area contributed by atoms with E-state index in [1.807, 2.05) is 27.7 Å². The molecule has 2 amide bonds. The SMILES string of the molecule is CCCOc1ccc(/C=N/NC(=O)C(NC(=O)c2ccc(F)cc2)C(C)C)cc1OCC. The van der Waals surface area contributed by atoms with Crippen LogP contribution in [-0.4, -0.2) is 37.3 Å². The van der Waals surface area contributed by atoms with E-state index >= 15 is 0 Å². The summed E-state index contributed by atoms with van der Waals surface area (Å²) in [5.41, 5.74) is 3.45. The Morgan fingerprint density at radius 3 is 2.41 bits per heavy atom. The molecule has 0 fully saturated rings. The third kappa shape index (κ3) is 7.37. The first-order valence-corrected chi connectivity index (χ1v) is 10.6. The summed E-state index contributed by atoms with van der Waals surface area (Å²) in [5.74, 6) is -0.298. The van der Waals surface area contributed by atoms with Gasteiger partial charge in [0.05, 0.1) is 19.4 Å². The van der Waals surface area contributed by atoms with Crippen LogP contribution in [0.5, 0.6) is 11.5 Å². The zero-order valence-corrected chi connectivity index (χ0v) is 18.9. The van der Waals surface area contributed by atoms with Crippen LogP contribution in [0.25, 0.3) is 0 Å². The first kappa shape index (κ1) is 24.8. The number of ether oxygens (including phenoxy) is 2. The fraction of sp³-hybridized carbons (Fsp3) is 0.375. The van der Waals surface area contributed by atoms with Crippen molar-refractivity contribution in [1.82, 2.24) is 10.7 Å². The number of amides is 2. The third-order valence-corrected chi connectivity index (χ3v) is 4.46. The molecule has 0 aromatic heterocycles. The van der Waals surface area contributed by atoms with E-state index in [2.05, 4.69) is 15.8 Å². The summed E-state index contributed by atoms with van der Waals surface area (Å²) in [7, 11) is 0. The number of halogens is 1. The minimum Gasteiger partial charge on any atom is -0.490 e. The van der Waals surface area contributed by atoms with Crippen molar-refractivity contribution in [2.45, 2.75) is 40.2 Å². The van der Waals surface area contributed by atoms with E-state index in [1.54, 1.807) is 18.2 Å². The van der Waals surface area contributed by atoms with Crippen molar-refractivity contribution in [2.24, 2.45) is 11.0 Å². The molecule has 2 N–H and O–H groups in total. The number of nitrogens with one attached hydrogen (secondary N) is 2. The number of hydrazone groups is 1. The number of hydrogen-bond acceptors (Lipinski definition) is 5. The van der Waals surface area contributed by atoms with E-state index in [0.29, 0.717) is 30.3 Å². The van der Waals surface area contributed by atoms with E-state index in [1.165, 1.54) is 30.5 Å². The van der Waals surface area contributed by atoms with E-state index < -0.39 is 23.7 Å². The number of carbonyl (C=O) groups excluding carboxylic acids is 2. The highest BCUT2D eigenvalue weighted by molar-refractivity contribution is 5.97. The van der Waals surface area contributed by atoms with Gasteiger partial charge in [-0.05, 0) is 67.3 Å². The van der Waals surface area contributed by atoms with Crippen molar-refractivity contribution >= 4 is 18.0 Å². The zero-order valence-electron chi connectivity index (χ0n) is 18.9. The monoisotopic (exact) mass is 443 g/mol. The van der Waals surface area contributed by atoms with Gasteiger partial charge in [-0.1, -0.05) is 20.8 Å². The molecule has 0 aliphatic heterocycles. The molecule has 2 aromatic carbocycles. The fourth-order valence-corrected chi connectivity index (χ4v) is 2.81. The zero-order chi connectivity index (χ0) is 23.5. The van der Waals surface area contributed by atoms with Crippen LogP contribution in [0.3, 0.4) is 0 Å². The van der Waals surface area contributed by atoms with Gasteiger partial charge in [0, 0.05) is 5.56 Å². The first-order valence-electron chi connectivity index (χ1n) is 10.6. The Morgan fingerprint density at radius 2 is 1.78 bits per heavy atom. The van der Waals surface area contributed by atoms with Crippen LogP contribution < -0.4 is 20.2 Å². The number of rotatable bonds is 11. The van der Waals surface area contributed by atoms with Crippen molar-refractivity contribution in [3.63, 3.8) is 0 Å². The van der Waals surface area contributed by atoms with Crippen LogP contribution >= 0.6 is 0 Å². The molecule has 172 valence electrons. The predicted molar refractivity (Wildman–Crippen MR) is 122 cm³/mol. The average Bonchev–Trinajstić information content (AvgIpc) is 2.77. The molecule has 0 saturated heterocycles. The number of carbonyl (C=O) groups is 2. The maximum absolute atomic E-state index is 13.1. The molecule has 1 unspecified atom stereocenters. The van der Waals surface area contributed by atoms with Crippen LogP contribution in [0.15, 0.2) is 47.6 Å².